The Kier molecular flexibility index (Phi) is 6.07. The lowest BCUT2D eigenvalue weighted by molar-refractivity contribution is -0.384. The number of furan rings is 1. The normalized spacial score (nSPS) is 11.8. The summed E-state index contributed by atoms with van der Waals surface area (Å²) in [4.78, 5) is 29.6. The van der Waals surface area contributed by atoms with E-state index in [-0.39, 0.29) is 29.2 Å². The van der Waals surface area contributed by atoms with Crippen LogP contribution >= 0.6 is 0 Å². The molecule has 2 heterocycles. The zero-order valence-electron chi connectivity index (χ0n) is 17.2. The summed E-state index contributed by atoms with van der Waals surface area (Å²) in [6.45, 7) is 2.25. The first-order valence-corrected chi connectivity index (χ1v) is 10.00. The Balaban J connectivity index is 1.53. The van der Waals surface area contributed by atoms with Crippen LogP contribution in [-0.2, 0) is 6.42 Å². The van der Waals surface area contributed by atoms with Crippen LogP contribution in [0.1, 0.15) is 35.0 Å². The van der Waals surface area contributed by atoms with Gasteiger partial charge in [0.2, 0.25) is 11.7 Å². The maximum absolute atomic E-state index is 13.1. The quantitative estimate of drug-likeness (QED) is 0.293. The third kappa shape index (κ3) is 4.56. The van der Waals surface area contributed by atoms with Crippen molar-refractivity contribution in [2.45, 2.75) is 19.4 Å². The van der Waals surface area contributed by atoms with Crippen LogP contribution in [-0.4, -0.2) is 32.4 Å². The van der Waals surface area contributed by atoms with Gasteiger partial charge in [-0.05, 0) is 24.6 Å². The van der Waals surface area contributed by atoms with Gasteiger partial charge in [0, 0.05) is 30.7 Å². The lowest BCUT2D eigenvalue weighted by Gasteiger charge is -2.28. The van der Waals surface area contributed by atoms with Crippen molar-refractivity contribution in [2.24, 2.45) is 0 Å². The molecule has 0 aliphatic heterocycles. The minimum absolute atomic E-state index is 0.0549. The molecule has 4 rings (SSSR count). The number of non-ortho nitro benzene ring substituents is 1. The molecule has 0 N–H and O–H groups in total. The van der Waals surface area contributed by atoms with E-state index in [1.54, 1.807) is 29.2 Å². The molecule has 0 aliphatic rings. The predicted molar refractivity (Wildman–Crippen MR) is 115 cm³/mol. The number of nitrogens with zero attached hydrogens (tertiary/aromatic N) is 4. The molecule has 0 fully saturated rings. The van der Waals surface area contributed by atoms with Gasteiger partial charge in [-0.2, -0.15) is 4.98 Å². The molecule has 162 valence electrons. The molecular weight excluding hydrogens is 412 g/mol. The van der Waals surface area contributed by atoms with E-state index >= 15 is 0 Å². The topological polar surface area (TPSA) is 116 Å². The molecule has 0 bridgehead atoms. The van der Waals surface area contributed by atoms with Gasteiger partial charge in [0.15, 0.2) is 5.76 Å². The molecule has 0 unspecified atom stereocenters. The first-order valence-electron chi connectivity index (χ1n) is 10.00. The molecule has 0 aliphatic carbocycles. The number of rotatable bonds is 8. The Labute approximate surface area is 183 Å². The fourth-order valence-electron chi connectivity index (χ4n) is 3.37. The Hall–Kier alpha value is -4.27. The Bertz CT molecular complexity index is 1200. The second kappa shape index (κ2) is 9.25. The summed E-state index contributed by atoms with van der Waals surface area (Å²) in [6, 6.07) is 18.8. The van der Waals surface area contributed by atoms with E-state index in [0.717, 1.165) is 5.56 Å². The van der Waals surface area contributed by atoms with Crippen LogP contribution in [0.4, 0.5) is 5.69 Å². The van der Waals surface area contributed by atoms with Crippen LogP contribution in [0.5, 0.6) is 0 Å². The van der Waals surface area contributed by atoms with Gasteiger partial charge in [-0.3, -0.25) is 14.9 Å². The van der Waals surface area contributed by atoms with E-state index < -0.39 is 4.92 Å². The zero-order chi connectivity index (χ0) is 22.5. The van der Waals surface area contributed by atoms with Gasteiger partial charge in [0.25, 0.3) is 11.6 Å². The summed E-state index contributed by atoms with van der Waals surface area (Å²) in [7, 11) is 0. The minimum Gasteiger partial charge on any atom is -0.459 e. The Morgan fingerprint density at radius 2 is 1.94 bits per heavy atom. The monoisotopic (exact) mass is 432 g/mol. The van der Waals surface area contributed by atoms with E-state index in [1.807, 2.05) is 37.3 Å². The van der Waals surface area contributed by atoms with Gasteiger partial charge in [-0.1, -0.05) is 47.6 Å². The maximum Gasteiger partial charge on any atom is 0.290 e. The number of aromatic nitrogens is 2. The van der Waals surface area contributed by atoms with Crippen molar-refractivity contribution in [3.8, 4) is 11.4 Å². The molecule has 0 saturated carbocycles. The molecule has 2 aromatic carbocycles. The smallest absolute Gasteiger partial charge is 0.290 e. The molecule has 1 atom stereocenters. The third-order valence-electron chi connectivity index (χ3n) is 5.09. The number of nitro benzene ring substituents is 1. The molecular formula is C23H20N4O5. The van der Waals surface area contributed by atoms with Crippen molar-refractivity contribution in [2.75, 3.05) is 6.54 Å². The summed E-state index contributed by atoms with van der Waals surface area (Å²) >= 11 is 0. The standard InChI is InChI=1S/C23H20N4O5/c1-16(17-7-3-2-4-8-17)26(23(28)20-11-6-14-31-20)13-12-21-24-22(25-32-21)18-9-5-10-19(15-18)27(29)30/h2-11,14-16H,12-13H2,1H3/t16-/m1/s1. The van der Waals surface area contributed by atoms with Crippen LogP contribution in [0.25, 0.3) is 11.4 Å². The van der Waals surface area contributed by atoms with Crippen molar-refractivity contribution in [3.63, 3.8) is 0 Å². The highest BCUT2D eigenvalue weighted by Crippen LogP contribution is 2.24. The molecule has 0 saturated heterocycles. The highest BCUT2D eigenvalue weighted by Gasteiger charge is 2.25. The molecule has 0 radical (unpaired) electrons. The van der Waals surface area contributed by atoms with Gasteiger partial charge in [-0.15, -0.1) is 0 Å². The Morgan fingerprint density at radius 1 is 1.12 bits per heavy atom. The number of nitro groups is 1. The number of carbonyl (C=O) groups excluding carboxylic acids is 1. The average molecular weight is 432 g/mol. The van der Waals surface area contributed by atoms with E-state index in [4.69, 9.17) is 8.94 Å². The first-order chi connectivity index (χ1) is 15.5. The largest absolute Gasteiger partial charge is 0.459 e. The highest BCUT2D eigenvalue weighted by molar-refractivity contribution is 5.91. The van der Waals surface area contributed by atoms with Gasteiger partial charge in [0.05, 0.1) is 17.2 Å². The fraction of sp³-hybridized carbons (Fsp3) is 0.174. The van der Waals surface area contributed by atoms with Crippen LogP contribution < -0.4 is 0 Å². The molecule has 2 aromatic heterocycles. The lowest BCUT2D eigenvalue weighted by atomic mass is 10.1. The third-order valence-corrected chi connectivity index (χ3v) is 5.09. The fourth-order valence-corrected chi connectivity index (χ4v) is 3.37. The van der Waals surface area contributed by atoms with Crippen LogP contribution in [0.15, 0.2) is 81.9 Å². The van der Waals surface area contributed by atoms with Gasteiger partial charge in [0.1, 0.15) is 0 Å². The van der Waals surface area contributed by atoms with Crippen LogP contribution in [0, 0.1) is 10.1 Å². The van der Waals surface area contributed by atoms with Gasteiger partial charge >= 0.3 is 0 Å². The second-order valence-electron chi connectivity index (χ2n) is 7.13. The van der Waals surface area contributed by atoms with Gasteiger partial charge in [-0.25, -0.2) is 0 Å². The van der Waals surface area contributed by atoms with E-state index in [9.17, 15) is 14.9 Å². The minimum atomic E-state index is -0.479. The molecule has 4 aromatic rings. The van der Waals surface area contributed by atoms with E-state index in [2.05, 4.69) is 10.1 Å². The summed E-state index contributed by atoms with van der Waals surface area (Å²) in [6.07, 6.45) is 1.77. The molecule has 9 nitrogen and oxygen atoms in total. The average Bonchev–Trinajstić information content (AvgIpc) is 3.52. The van der Waals surface area contributed by atoms with Crippen molar-refractivity contribution in [1.82, 2.24) is 15.0 Å². The number of carbonyl (C=O) groups is 1. The summed E-state index contributed by atoms with van der Waals surface area (Å²) in [5, 5.41) is 14.9. The SMILES string of the molecule is C[C@H](c1ccccc1)N(CCc1nc(-c2cccc([N+](=O)[O-])c2)no1)C(=O)c1ccco1. The summed E-state index contributed by atoms with van der Waals surface area (Å²) < 4.78 is 10.6. The first kappa shape index (κ1) is 21.0. The zero-order valence-corrected chi connectivity index (χ0v) is 17.2. The lowest BCUT2D eigenvalue weighted by Crippen LogP contribution is -2.35. The summed E-state index contributed by atoms with van der Waals surface area (Å²) in [5.74, 6) is 0.577. The highest BCUT2D eigenvalue weighted by atomic mass is 16.6. The Morgan fingerprint density at radius 3 is 2.66 bits per heavy atom. The predicted octanol–water partition coefficient (Wildman–Crippen LogP) is 4.68. The number of benzene rings is 2. The maximum atomic E-state index is 13.1. The van der Waals surface area contributed by atoms with Crippen LogP contribution in [0.3, 0.4) is 0 Å². The molecule has 0 spiro atoms. The molecule has 32 heavy (non-hydrogen) atoms. The number of hydrogen-bond donors (Lipinski definition) is 0. The van der Waals surface area contributed by atoms with Crippen molar-refractivity contribution in [1.29, 1.82) is 0 Å². The second-order valence-corrected chi connectivity index (χ2v) is 7.13. The summed E-state index contributed by atoms with van der Waals surface area (Å²) in [5.41, 5.74) is 1.41. The van der Waals surface area contributed by atoms with E-state index in [0.29, 0.717) is 24.4 Å². The van der Waals surface area contributed by atoms with E-state index in [1.165, 1.54) is 18.4 Å². The van der Waals surface area contributed by atoms with Gasteiger partial charge < -0.3 is 13.8 Å². The number of amides is 1. The van der Waals surface area contributed by atoms with Crippen molar-refractivity contribution < 1.29 is 18.7 Å². The van der Waals surface area contributed by atoms with Crippen molar-refractivity contribution >= 4 is 11.6 Å². The molecule has 9 heteroatoms. The molecule has 1 amide bonds. The van der Waals surface area contributed by atoms with Crippen molar-refractivity contribution in [3.05, 3.63) is 100 Å². The van der Waals surface area contributed by atoms with Crippen LogP contribution in [0.2, 0.25) is 0 Å². The number of hydrogen-bond acceptors (Lipinski definition) is 7.